The van der Waals surface area contributed by atoms with E-state index in [-0.39, 0.29) is 22.1 Å². The molecule has 34 heavy (non-hydrogen) atoms. The Balaban J connectivity index is 1.89. The van der Waals surface area contributed by atoms with Crippen molar-refractivity contribution >= 4 is 46.3 Å². The number of anilines is 2. The molecule has 1 aliphatic rings. The molecule has 2 N–H and O–H groups in total. The van der Waals surface area contributed by atoms with Crippen LogP contribution in [0.1, 0.15) is 24.1 Å². The molecule has 0 radical (unpaired) electrons. The summed E-state index contributed by atoms with van der Waals surface area (Å²) in [5, 5.41) is 14.1. The lowest BCUT2D eigenvalue weighted by Crippen LogP contribution is -2.29. The van der Waals surface area contributed by atoms with Crippen LogP contribution in [0.3, 0.4) is 0 Å². The van der Waals surface area contributed by atoms with Gasteiger partial charge in [0.05, 0.1) is 23.7 Å². The number of Topliss-reactive ketones (excluding diaryl/α,β-unsaturated/α-hetero) is 1. The maximum atomic E-state index is 13.2. The molecule has 4 rings (SSSR count). The zero-order valence-electron chi connectivity index (χ0n) is 18.4. The molecule has 3 aromatic rings. The molecule has 8 heteroatoms. The highest BCUT2D eigenvalue weighted by atomic mass is 35.5. The third-order valence-electron chi connectivity index (χ3n) is 5.45. The first-order chi connectivity index (χ1) is 16.3. The number of carbonyl (C=O) groups excluding carboxylic acids is 3. The molecule has 1 atom stereocenters. The number of halogens is 1. The highest BCUT2D eigenvalue weighted by Gasteiger charge is 2.47. The van der Waals surface area contributed by atoms with E-state index in [0.717, 1.165) is 0 Å². The van der Waals surface area contributed by atoms with E-state index in [2.05, 4.69) is 5.32 Å². The summed E-state index contributed by atoms with van der Waals surface area (Å²) in [5.74, 6) is -1.82. The molecule has 0 aromatic heterocycles. The summed E-state index contributed by atoms with van der Waals surface area (Å²) in [6.07, 6.45) is 0. The second-order valence-corrected chi connectivity index (χ2v) is 8.06. The third-order valence-corrected chi connectivity index (χ3v) is 5.78. The van der Waals surface area contributed by atoms with Crippen LogP contribution in [0.2, 0.25) is 5.02 Å². The fourth-order valence-corrected chi connectivity index (χ4v) is 4.12. The van der Waals surface area contributed by atoms with E-state index in [1.165, 1.54) is 25.0 Å². The van der Waals surface area contributed by atoms with Gasteiger partial charge in [-0.1, -0.05) is 41.9 Å². The number of carbonyl (C=O) groups is 3. The zero-order chi connectivity index (χ0) is 24.4. The van der Waals surface area contributed by atoms with Gasteiger partial charge in [-0.05, 0) is 48.0 Å². The van der Waals surface area contributed by atoms with E-state index >= 15 is 0 Å². The summed E-state index contributed by atoms with van der Waals surface area (Å²) < 4.78 is 5.23. The maximum absolute atomic E-state index is 13.2. The van der Waals surface area contributed by atoms with Crippen molar-refractivity contribution in [2.75, 3.05) is 17.3 Å². The van der Waals surface area contributed by atoms with E-state index in [1.54, 1.807) is 60.7 Å². The number of ether oxygens (including phenoxy) is 1. The first kappa shape index (κ1) is 23.1. The number of hydrogen-bond acceptors (Lipinski definition) is 5. The van der Waals surface area contributed by atoms with Crippen molar-refractivity contribution in [3.05, 3.63) is 94.5 Å². The monoisotopic (exact) mass is 476 g/mol. The number of rotatable bonds is 5. The molecular formula is C26H21ClN2O5. The van der Waals surface area contributed by atoms with E-state index in [4.69, 9.17) is 16.3 Å². The Morgan fingerprint density at radius 3 is 2.32 bits per heavy atom. The maximum Gasteiger partial charge on any atom is 0.300 e. The van der Waals surface area contributed by atoms with Gasteiger partial charge in [0.15, 0.2) is 0 Å². The van der Waals surface area contributed by atoms with Crippen LogP contribution in [0.25, 0.3) is 5.76 Å². The standard InChI is InChI=1S/C26H21ClN2O5/c1-15(30)28-17-8-10-18(11-9-17)29-23(16-6-4-3-5-7-16)22(25(32)26(29)33)24(31)20-14-19(34-2)12-13-21(20)27/h3-14,23,31H,1-2H3,(H,28,30)/b24-22+. The van der Waals surface area contributed by atoms with E-state index in [1.807, 2.05) is 6.07 Å². The number of amides is 2. The summed E-state index contributed by atoms with van der Waals surface area (Å²) in [6, 6.07) is 19.3. The first-order valence-electron chi connectivity index (χ1n) is 10.4. The smallest absolute Gasteiger partial charge is 0.300 e. The lowest BCUT2D eigenvalue weighted by molar-refractivity contribution is -0.132. The molecule has 0 saturated carbocycles. The van der Waals surface area contributed by atoms with Crippen molar-refractivity contribution in [3.8, 4) is 5.75 Å². The van der Waals surface area contributed by atoms with Crippen LogP contribution in [0.15, 0.2) is 78.4 Å². The molecular weight excluding hydrogens is 456 g/mol. The van der Waals surface area contributed by atoms with E-state index in [9.17, 15) is 19.5 Å². The normalized spacial score (nSPS) is 17.0. The summed E-state index contributed by atoms with van der Waals surface area (Å²) in [7, 11) is 1.47. The summed E-state index contributed by atoms with van der Waals surface area (Å²) in [4.78, 5) is 39.1. The van der Waals surface area contributed by atoms with E-state index < -0.39 is 23.5 Å². The molecule has 7 nitrogen and oxygen atoms in total. The lowest BCUT2D eigenvalue weighted by atomic mass is 9.95. The number of aliphatic hydroxyl groups is 1. The fourth-order valence-electron chi connectivity index (χ4n) is 3.92. The van der Waals surface area contributed by atoms with Crippen molar-refractivity contribution in [1.82, 2.24) is 0 Å². The quantitative estimate of drug-likeness (QED) is 0.309. The van der Waals surface area contributed by atoms with Crippen LogP contribution in [0, 0.1) is 0 Å². The summed E-state index contributed by atoms with van der Waals surface area (Å²) >= 11 is 6.32. The van der Waals surface area contributed by atoms with Gasteiger partial charge in [-0.25, -0.2) is 0 Å². The minimum absolute atomic E-state index is 0.0858. The molecule has 0 spiro atoms. The van der Waals surface area contributed by atoms with Gasteiger partial charge in [-0.15, -0.1) is 0 Å². The van der Waals surface area contributed by atoms with Crippen molar-refractivity contribution in [3.63, 3.8) is 0 Å². The molecule has 1 fully saturated rings. The minimum atomic E-state index is -0.893. The third kappa shape index (κ3) is 4.25. The highest BCUT2D eigenvalue weighted by Crippen LogP contribution is 2.43. The van der Waals surface area contributed by atoms with Gasteiger partial charge in [0.25, 0.3) is 11.7 Å². The van der Waals surface area contributed by atoms with Crippen molar-refractivity contribution in [1.29, 1.82) is 0 Å². The number of nitrogens with zero attached hydrogens (tertiary/aromatic N) is 1. The van der Waals surface area contributed by atoms with Crippen LogP contribution in [0.5, 0.6) is 5.75 Å². The average molecular weight is 477 g/mol. The summed E-state index contributed by atoms with van der Waals surface area (Å²) in [6.45, 7) is 1.39. The largest absolute Gasteiger partial charge is 0.507 e. The molecule has 0 bridgehead atoms. The number of benzene rings is 3. The number of ketones is 1. The van der Waals surface area contributed by atoms with Gasteiger partial charge in [0.1, 0.15) is 11.5 Å². The molecule has 2 amide bonds. The highest BCUT2D eigenvalue weighted by molar-refractivity contribution is 6.52. The van der Waals surface area contributed by atoms with Crippen LogP contribution < -0.4 is 15.0 Å². The Hall–Kier alpha value is -4.10. The van der Waals surface area contributed by atoms with Crippen molar-refractivity contribution in [2.24, 2.45) is 0 Å². The van der Waals surface area contributed by atoms with Crippen LogP contribution in [-0.4, -0.2) is 29.8 Å². The molecule has 172 valence electrons. The zero-order valence-corrected chi connectivity index (χ0v) is 19.2. The van der Waals surface area contributed by atoms with Gasteiger partial charge < -0.3 is 15.2 Å². The number of nitrogens with one attached hydrogen (secondary N) is 1. The second-order valence-electron chi connectivity index (χ2n) is 7.65. The molecule has 3 aromatic carbocycles. The van der Waals surface area contributed by atoms with E-state index in [0.29, 0.717) is 22.7 Å². The molecule has 1 unspecified atom stereocenters. The number of aliphatic hydroxyl groups excluding tert-OH is 1. The summed E-state index contributed by atoms with van der Waals surface area (Å²) in [5.41, 5.74) is 1.71. The van der Waals surface area contributed by atoms with Crippen molar-refractivity contribution in [2.45, 2.75) is 13.0 Å². The molecule has 1 saturated heterocycles. The first-order valence-corrected chi connectivity index (χ1v) is 10.8. The fraction of sp³-hybridized carbons (Fsp3) is 0.115. The predicted octanol–water partition coefficient (Wildman–Crippen LogP) is 4.93. The molecule has 1 heterocycles. The van der Waals surface area contributed by atoms with Gasteiger partial charge in [-0.3, -0.25) is 19.3 Å². The topological polar surface area (TPSA) is 95.9 Å². The Labute approximate surface area is 201 Å². The van der Waals surface area contributed by atoms with Crippen molar-refractivity contribution < 1.29 is 24.2 Å². The van der Waals surface area contributed by atoms with Gasteiger partial charge in [0.2, 0.25) is 5.91 Å². The van der Waals surface area contributed by atoms with Crippen LogP contribution in [0.4, 0.5) is 11.4 Å². The Kier molecular flexibility index (Phi) is 6.38. The minimum Gasteiger partial charge on any atom is -0.507 e. The Bertz CT molecular complexity index is 1300. The van der Waals surface area contributed by atoms with Crippen LogP contribution in [-0.2, 0) is 14.4 Å². The van der Waals surface area contributed by atoms with Gasteiger partial charge >= 0.3 is 0 Å². The second kappa shape index (κ2) is 9.41. The molecule has 1 aliphatic heterocycles. The molecule has 0 aliphatic carbocycles. The predicted molar refractivity (Wildman–Crippen MR) is 130 cm³/mol. The number of methoxy groups -OCH3 is 1. The van der Waals surface area contributed by atoms with Gasteiger partial charge in [-0.2, -0.15) is 0 Å². The van der Waals surface area contributed by atoms with Gasteiger partial charge in [0, 0.05) is 23.9 Å². The van der Waals surface area contributed by atoms with Crippen LogP contribution >= 0.6 is 11.6 Å². The average Bonchev–Trinajstić information content (AvgIpc) is 3.10. The SMILES string of the molecule is COc1ccc(Cl)c(/C(O)=C2\C(=O)C(=O)N(c3ccc(NC(C)=O)cc3)C2c2ccccc2)c1. The Morgan fingerprint density at radius 1 is 1.03 bits per heavy atom. The number of hydrogen-bond donors (Lipinski definition) is 2. The Morgan fingerprint density at radius 2 is 1.71 bits per heavy atom. The lowest BCUT2D eigenvalue weighted by Gasteiger charge is -2.25.